The van der Waals surface area contributed by atoms with Gasteiger partial charge in [0, 0.05) is 29.5 Å². The second-order valence-corrected chi connectivity index (χ2v) is 10.2. The number of carbonyl (C=O) groups is 2. The van der Waals surface area contributed by atoms with Gasteiger partial charge in [0.2, 0.25) is 5.91 Å². The van der Waals surface area contributed by atoms with Crippen LogP contribution < -0.4 is 20.5 Å². The Hall–Kier alpha value is -3.55. The average molecular weight is 549 g/mol. The smallest absolute Gasteiger partial charge is 0.251 e. The van der Waals surface area contributed by atoms with Gasteiger partial charge in [-0.05, 0) is 73.9 Å². The molecule has 4 aliphatic heterocycles. The molecule has 0 aromatic heterocycles. The first-order valence-electron chi connectivity index (χ1n) is 15.0. The van der Waals surface area contributed by atoms with Gasteiger partial charge in [-0.1, -0.05) is 33.8 Å². The normalized spacial score (nSPS) is 24.7. The fourth-order valence-corrected chi connectivity index (χ4v) is 5.81. The molecule has 7 rings (SSSR count). The number of rotatable bonds is 2. The zero-order valence-corrected chi connectivity index (χ0v) is 24.5. The van der Waals surface area contributed by atoms with Crippen molar-refractivity contribution in [3.8, 4) is 11.5 Å². The molecule has 6 bridgehead atoms. The van der Waals surface area contributed by atoms with E-state index < -0.39 is 0 Å². The third-order valence-electron chi connectivity index (χ3n) is 7.85. The summed E-state index contributed by atoms with van der Waals surface area (Å²) in [5.41, 5.74) is 9.87. The van der Waals surface area contributed by atoms with Gasteiger partial charge in [-0.2, -0.15) is 0 Å². The second kappa shape index (κ2) is 13.2. The molecule has 0 radical (unpaired) electrons. The molecule has 0 saturated heterocycles. The number of ether oxygens (including phenoxy) is 2. The van der Waals surface area contributed by atoms with Crippen molar-refractivity contribution in [2.75, 3.05) is 13.2 Å². The van der Waals surface area contributed by atoms with E-state index in [-0.39, 0.29) is 36.4 Å². The lowest BCUT2D eigenvalue weighted by Gasteiger charge is -2.30. The standard InChI is InChI=1S/C28H32N4O4.2C2H6/c1-2-35-24-7-5-18-11-19(24)15-32-26(33)14-20(30-28(32)29)6-3-16-12-21(16)17-4-8-25-22(13-17)23(9-10-36-25)31-27(18)34;2*1-2/h4-5,7-8,11,13,16,20-21,23H,2-3,6,9-10,12,14-15H2,1H3,(H2,29,30)(H,31,34);2*1-2H3. The number of fused-ring (bicyclic) bond motifs is 3. The second-order valence-electron chi connectivity index (χ2n) is 10.2. The predicted molar refractivity (Wildman–Crippen MR) is 158 cm³/mol. The molecule has 1 aliphatic carbocycles. The number of nitrogens with two attached hydrogens (primary N) is 1. The Bertz CT molecular complexity index is 1240. The Balaban J connectivity index is 0.000000886. The SMILES string of the molecule is CC.CC.CCOc1ccc2cc1CN1C(=O)CC(CCC3CC3c3ccc4c(c3)C(CCO4)NC2=O)N=C1N. The summed E-state index contributed by atoms with van der Waals surface area (Å²) in [6.45, 7) is 11.2. The first-order valence-corrected chi connectivity index (χ1v) is 15.0. The maximum absolute atomic E-state index is 13.4. The summed E-state index contributed by atoms with van der Waals surface area (Å²) in [5, 5.41) is 3.22. The van der Waals surface area contributed by atoms with Crippen molar-refractivity contribution < 1.29 is 19.1 Å². The van der Waals surface area contributed by atoms with Gasteiger partial charge in [0.1, 0.15) is 11.5 Å². The van der Waals surface area contributed by atoms with Crippen molar-refractivity contribution in [2.45, 2.75) is 91.3 Å². The van der Waals surface area contributed by atoms with Gasteiger partial charge in [-0.3, -0.25) is 14.5 Å². The number of amides is 2. The number of nitrogens with one attached hydrogen (secondary N) is 1. The van der Waals surface area contributed by atoms with E-state index in [1.54, 1.807) is 18.2 Å². The van der Waals surface area contributed by atoms with Crippen LogP contribution in [-0.2, 0) is 11.3 Å². The highest BCUT2D eigenvalue weighted by molar-refractivity contribution is 5.99. The molecule has 1 saturated carbocycles. The van der Waals surface area contributed by atoms with E-state index in [2.05, 4.69) is 22.4 Å². The number of aliphatic imine (C=N–C) groups is 1. The molecule has 1 fully saturated rings. The van der Waals surface area contributed by atoms with Gasteiger partial charge in [0.15, 0.2) is 5.96 Å². The highest BCUT2D eigenvalue weighted by atomic mass is 16.5. The maximum atomic E-state index is 13.4. The molecule has 8 heteroatoms. The third-order valence-corrected chi connectivity index (χ3v) is 7.85. The summed E-state index contributed by atoms with van der Waals surface area (Å²) in [4.78, 5) is 32.6. The lowest BCUT2D eigenvalue weighted by molar-refractivity contribution is -0.129. The van der Waals surface area contributed by atoms with Crippen LogP contribution in [0, 0.1) is 5.92 Å². The molecule has 40 heavy (non-hydrogen) atoms. The van der Waals surface area contributed by atoms with Gasteiger partial charge in [0.25, 0.3) is 5.91 Å². The van der Waals surface area contributed by atoms with Gasteiger partial charge >= 0.3 is 0 Å². The van der Waals surface area contributed by atoms with Crippen LogP contribution in [0.25, 0.3) is 0 Å². The van der Waals surface area contributed by atoms with E-state index >= 15 is 0 Å². The minimum Gasteiger partial charge on any atom is -0.494 e. The Morgan fingerprint density at radius 1 is 1.07 bits per heavy atom. The van der Waals surface area contributed by atoms with Crippen molar-refractivity contribution in [3.63, 3.8) is 0 Å². The first kappa shape index (κ1) is 29.4. The summed E-state index contributed by atoms with van der Waals surface area (Å²) in [6, 6.07) is 11.6. The predicted octanol–water partition coefficient (Wildman–Crippen LogP) is 5.70. The first-order chi connectivity index (χ1) is 19.5. The van der Waals surface area contributed by atoms with Crippen molar-refractivity contribution in [1.82, 2.24) is 10.2 Å². The number of nitrogens with zero attached hydrogens (tertiary/aromatic N) is 2. The van der Waals surface area contributed by atoms with Crippen LogP contribution in [0.5, 0.6) is 11.5 Å². The molecule has 4 unspecified atom stereocenters. The maximum Gasteiger partial charge on any atom is 0.251 e. The lowest BCUT2D eigenvalue weighted by atomic mass is 9.95. The van der Waals surface area contributed by atoms with Crippen LogP contribution >= 0.6 is 0 Å². The van der Waals surface area contributed by atoms with E-state index in [9.17, 15) is 9.59 Å². The van der Waals surface area contributed by atoms with E-state index in [0.29, 0.717) is 42.8 Å². The summed E-state index contributed by atoms with van der Waals surface area (Å²) in [5.74, 6) is 2.59. The van der Waals surface area contributed by atoms with Crippen LogP contribution in [0.1, 0.15) is 106 Å². The minimum absolute atomic E-state index is 0.0410. The van der Waals surface area contributed by atoms with Crippen molar-refractivity contribution in [1.29, 1.82) is 0 Å². The number of hydrogen-bond acceptors (Lipinski definition) is 6. The molecule has 2 aromatic carbocycles. The Kier molecular flexibility index (Phi) is 9.71. The Morgan fingerprint density at radius 3 is 2.62 bits per heavy atom. The summed E-state index contributed by atoms with van der Waals surface area (Å²) < 4.78 is 11.7. The van der Waals surface area contributed by atoms with E-state index in [1.165, 1.54) is 10.5 Å². The summed E-state index contributed by atoms with van der Waals surface area (Å²) in [7, 11) is 0. The number of benzene rings is 2. The van der Waals surface area contributed by atoms with Gasteiger partial charge in [0.05, 0.1) is 31.8 Å². The number of guanidine groups is 1. The average Bonchev–Trinajstić information content (AvgIpc) is 3.76. The lowest BCUT2D eigenvalue weighted by Crippen LogP contribution is -2.46. The highest BCUT2D eigenvalue weighted by Crippen LogP contribution is 2.51. The molecule has 5 aliphatic rings. The fourth-order valence-electron chi connectivity index (χ4n) is 5.81. The molecular formula is C32H44N4O4. The van der Waals surface area contributed by atoms with Crippen molar-refractivity contribution in [2.24, 2.45) is 16.6 Å². The third kappa shape index (κ3) is 6.26. The summed E-state index contributed by atoms with van der Waals surface area (Å²) >= 11 is 0. The zero-order chi connectivity index (χ0) is 28.8. The topological polar surface area (TPSA) is 106 Å². The number of carbonyl (C=O) groups excluding carboxylic acids is 2. The van der Waals surface area contributed by atoms with Crippen LogP contribution in [0.3, 0.4) is 0 Å². The zero-order valence-electron chi connectivity index (χ0n) is 24.5. The van der Waals surface area contributed by atoms with E-state index in [4.69, 9.17) is 15.2 Å². The Morgan fingerprint density at radius 2 is 1.88 bits per heavy atom. The largest absolute Gasteiger partial charge is 0.494 e. The highest BCUT2D eigenvalue weighted by Gasteiger charge is 2.40. The fraction of sp³-hybridized carbons (Fsp3) is 0.531. The molecule has 8 nitrogen and oxygen atoms in total. The van der Waals surface area contributed by atoms with Crippen LogP contribution in [0.2, 0.25) is 0 Å². The van der Waals surface area contributed by atoms with Crippen LogP contribution in [0.15, 0.2) is 41.4 Å². The van der Waals surface area contributed by atoms with Crippen LogP contribution in [0.4, 0.5) is 0 Å². The molecule has 0 spiro atoms. The quantitative estimate of drug-likeness (QED) is 0.500. The molecule has 4 heterocycles. The van der Waals surface area contributed by atoms with Gasteiger partial charge < -0.3 is 20.5 Å². The van der Waals surface area contributed by atoms with Crippen molar-refractivity contribution >= 4 is 17.8 Å². The molecule has 2 aromatic rings. The monoisotopic (exact) mass is 548 g/mol. The van der Waals surface area contributed by atoms with Crippen LogP contribution in [-0.4, -0.2) is 41.9 Å². The molecule has 3 N–H and O–H groups in total. The molecular weight excluding hydrogens is 504 g/mol. The van der Waals surface area contributed by atoms with E-state index in [1.807, 2.05) is 40.7 Å². The molecule has 2 amide bonds. The Labute approximate surface area is 238 Å². The molecule has 4 atom stereocenters. The minimum atomic E-state index is -0.167. The number of hydrogen-bond donors (Lipinski definition) is 2. The van der Waals surface area contributed by atoms with E-state index in [0.717, 1.165) is 42.6 Å². The summed E-state index contributed by atoms with van der Waals surface area (Å²) in [6.07, 6.45) is 4.07. The van der Waals surface area contributed by atoms with Gasteiger partial charge in [-0.25, -0.2) is 4.99 Å². The van der Waals surface area contributed by atoms with Crippen molar-refractivity contribution in [3.05, 3.63) is 58.7 Å². The molecule has 216 valence electrons. The van der Waals surface area contributed by atoms with Gasteiger partial charge in [-0.15, -0.1) is 0 Å².